The summed E-state index contributed by atoms with van der Waals surface area (Å²) in [6.07, 6.45) is 1.50. The van der Waals surface area contributed by atoms with E-state index in [0.29, 0.717) is 11.3 Å². The van der Waals surface area contributed by atoms with Crippen LogP contribution in [0.15, 0.2) is 64.1 Å². The number of nitrogens with one attached hydrogen (secondary N) is 2. The number of halogens is 1. The first-order valence-electron chi connectivity index (χ1n) is 8.93. The molecule has 0 spiro atoms. The molecule has 1 aromatic heterocycles. The molecule has 7 nitrogen and oxygen atoms in total. The van der Waals surface area contributed by atoms with Gasteiger partial charge >= 0.3 is 0 Å². The highest BCUT2D eigenvalue weighted by Gasteiger charge is 2.16. The Morgan fingerprint density at radius 1 is 1.03 bits per heavy atom. The number of hydrogen-bond donors (Lipinski definition) is 2. The molecule has 0 aliphatic rings. The highest BCUT2D eigenvalue weighted by atomic mass is 79.9. The fourth-order valence-corrected chi connectivity index (χ4v) is 4.03. The molecule has 1 heterocycles. The molecule has 0 aliphatic heterocycles. The van der Waals surface area contributed by atoms with Gasteiger partial charge in [-0.2, -0.15) is 5.10 Å². The Morgan fingerprint density at radius 2 is 1.69 bits per heavy atom. The van der Waals surface area contributed by atoms with Crippen molar-refractivity contribution >= 4 is 31.9 Å². The van der Waals surface area contributed by atoms with E-state index in [1.807, 2.05) is 38.1 Å². The standard InChI is InChI=1S/C20H21BrN4O3S/c1-14-3-9-18(10-4-14)29(27,28)24-12-11-22-20(26)19-13-23-25(15(19)2)17-7-5-16(21)6-8-17/h3-10,13,24H,11-12H2,1-2H3,(H,22,26). The van der Waals surface area contributed by atoms with Gasteiger partial charge in [0.1, 0.15) is 0 Å². The van der Waals surface area contributed by atoms with Crippen LogP contribution < -0.4 is 10.0 Å². The number of rotatable bonds is 7. The van der Waals surface area contributed by atoms with Gasteiger partial charge in [0.15, 0.2) is 0 Å². The molecule has 0 radical (unpaired) electrons. The lowest BCUT2D eigenvalue weighted by molar-refractivity contribution is 0.0953. The van der Waals surface area contributed by atoms with Crippen LogP contribution in [0.1, 0.15) is 21.6 Å². The monoisotopic (exact) mass is 476 g/mol. The molecule has 2 N–H and O–H groups in total. The maximum absolute atomic E-state index is 12.4. The maximum Gasteiger partial charge on any atom is 0.254 e. The minimum atomic E-state index is -3.60. The molecule has 29 heavy (non-hydrogen) atoms. The number of carbonyl (C=O) groups is 1. The fourth-order valence-electron chi connectivity index (χ4n) is 2.73. The molecule has 1 amide bonds. The van der Waals surface area contributed by atoms with Crippen LogP contribution in [0.5, 0.6) is 0 Å². The van der Waals surface area contributed by atoms with Crippen LogP contribution in [0.25, 0.3) is 5.69 Å². The molecule has 0 atom stereocenters. The van der Waals surface area contributed by atoms with Crippen molar-refractivity contribution in [2.24, 2.45) is 0 Å². The number of nitrogens with zero attached hydrogens (tertiary/aromatic N) is 2. The van der Waals surface area contributed by atoms with Crippen molar-refractivity contribution < 1.29 is 13.2 Å². The van der Waals surface area contributed by atoms with Crippen molar-refractivity contribution in [3.63, 3.8) is 0 Å². The third-order valence-electron chi connectivity index (χ3n) is 4.36. The third kappa shape index (κ3) is 5.11. The number of sulfonamides is 1. The molecule has 0 unspecified atom stereocenters. The van der Waals surface area contributed by atoms with E-state index in [1.165, 1.54) is 6.20 Å². The third-order valence-corrected chi connectivity index (χ3v) is 6.37. The number of aryl methyl sites for hydroxylation is 1. The van der Waals surface area contributed by atoms with E-state index in [2.05, 4.69) is 31.1 Å². The van der Waals surface area contributed by atoms with E-state index in [9.17, 15) is 13.2 Å². The summed E-state index contributed by atoms with van der Waals surface area (Å²) in [6, 6.07) is 14.2. The molecule has 0 aliphatic carbocycles. The summed E-state index contributed by atoms with van der Waals surface area (Å²) in [5, 5.41) is 7.00. The summed E-state index contributed by atoms with van der Waals surface area (Å²) in [4.78, 5) is 12.6. The molecule has 0 bridgehead atoms. The second kappa shape index (κ2) is 8.89. The van der Waals surface area contributed by atoms with Crippen LogP contribution in [-0.4, -0.2) is 37.2 Å². The van der Waals surface area contributed by atoms with Gasteiger partial charge in [-0.3, -0.25) is 4.79 Å². The maximum atomic E-state index is 12.4. The molecular formula is C20H21BrN4O3S. The first-order valence-corrected chi connectivity index (χ1v) is 11.2. The Hall–Kier alpha value is -2.49. The SMILES string of the molecule is Cc1ccc(S(=O)(=O)NCCNC(=O)c2cnn(-c3ccc(Br)cc3)c2C)cc1. The van der Waals surface area contributed by atoms with Gasteiger partial charge in [0.25, 0.3) is 5.91 Å². The van der Waals surface area contributed by atoms with Crippen molar-refractivity contribution in [2.45, 2.75) is 18.7 Å². The predicted octanol–water partition coefficient (Wildman–Crippen LogP) is 2.96. The van der Waals surface area contributed by atoms with Crippen molar-refractivity contribution in [1.82, 2.24) is 19.8 Å². The van der Waals surface area contributed by atoms with Crippen LogP contribution in [-0.2, 0) is 10.0 Å². The topological polar surface area (TPSA) is 93.1 Å². The molecule has 3 aromatic rings. The minimum absolute atomic E-state index is 0.0852. The van der Waals surface area contributed by atoms with Gasteiger partial charge < -0.3 is 5.32 Å². The first-order chi connectivity index (χ1) is 13.8. The van der Waals surface area contributed by atoms with Gasteiger partial charge in [-0.25, -0.2) is 17.8 Å². The van der Waals surface area contributed by atoms with E-state index in [-0.39, 0.29) is 23.9 Å². The quantitative estimate of drug-likeness (QED) is 0.512. The van der Waals surface area contributed by atoms with Crippen LogP contribution >= 0.6 is 15.9 Å². The molecule has 0 fully saturated rings. The Morgan fingerprint density at radius 3 is 2.34 bits per heavy atom. The summed E-state index contributed by atoms with van der Waals surface area (Å²) in [5.41, 5.74) is 2.96. The summed E-state index contributed by atoms with van der Waals surface area (Å²) in [6.45, 7) is 3.94. The van der Waals surface area contributed by atoms with Crippen LogP contribution in [0.2, 0.25) is 0 Å². The molecule has 9 heteroatoms. The summed E-state index contributed by atoms with van der Waals surface area (Å²) >= 11 is 3.39. The minimum Gasteiger partial charge on any atom is -0.351 e. The molecule has 152 valence electrons. The van der Waals surface area contributed by atoms with Crippen molar-refractivity contribution in [3.05, 3.63) is 76.0 Å². The Bertz CT molecular complexity index is 1110. The zero-order valence-electron chi connectivity index (χ0n) is 16.0. The largest absolute Gasteiger partial charge is 0.351 e. The van der Waals surface area contributed by atoms with Crippen molar-refractivity contribution in [3.8, 4) is 5.69 Å². The van der Waals surface area contributed by atoms with Gasteiger partial charge in [0.05, 0.1) is 28.0 Å². The number of hydrogen-bond acceptors (Lipinski definition) is 4. The summed E-state index contributed by atoms with van der Waals surface area (Å²) in [5.74, 6) is -0.305. The van der Waals surface area contributed by atoms with Crippen LogP contribution in [0.4, 0.5) is 0 Å². The Balaban J connectivity index is 1.57. The summed E-state index contributed by atoms with van der Waals surface area (Å²) in [7, 11) is -3.60. The van der Waals surface area contributed by atoms with E-state index < -0.39 is 10.0 Å². The lowest BCUT2D eigenvalue weighted by atomic mass is 10.2. The van der Waals surface area contributed by atoms with Gasteiger partial charge in [0.2, 0.25) is 10.0 Å². The normalized spacial score (nSPS) is 11.4. The fraction of sp³-hybridized carbons (Fsp3) is 0.200. The first kappa shape index (κ1) is 21.2. The van der Waals surface area contributed by atoms with E-state index >= 15 is 0 Å². The average molecular weight is 477 g/mol. The van der Waals surface area contributed by atoms with E-state index in [4.69, 9.17) is 0 Å². The predicted molar refractivity (Wildman–Crippen MR) is 115 cm³/mol. The zero-order chi connectivity index (χ0) is 21.0. The zero-order valence-corrected chi connectivity index (χ0v) is 18.4. The number of carbonyl (C=O) groups excluding carboxylic acids is 1. The summed E-state index contributed by atoms with van der Waals surface area (Å²) < 4.78 is 29.6. The van der Waals surface area contributed by atoms with Gasteiger partial charge in [-0.05, 0) is 50.2 Å². The number of benzene rings is 2. The Kier molecular flexibility index (Phi) is 6.51. The highest BCUT2D eigenvalue weighted by Crippen LogP contribution is 2.17. The molecule has 0 saturated heterocycles. The molecule has 3 rings (SSSR count). The number of amides is 1. The van der Waals surface area contributed by atoms with E-state index in [0.717, 1.165) is 15.7 Å². The van der Waals surface area contributed by atoms with E-state index in [1.54, 1.807) is 28.9 Å². The lowest BCUT2D eigenvalue weighted by Gasteiger charge is -2.09. The highest BCUT2D eigenvalue weighted by molar-refractivity contribution is 9.10. The Labute approximate surface area is 178 Å². The average Bonchev–Trinajstić information content (AvgIpc) is 3.07. The molecular weight excluding hydrogens is 456 g/mol. The number of aromatic nitrogens is 2. The lowest BCUT2D eigenvalue weighted by Crippen LogP contribution is -2.34. The van der Waals surface area contributed by atoms with Gasteiger partial charge in [-0.15, -0.1) is 0 Å². The van der Waals surface area contributed by atoms with Crippen LogP contribution in [0.3, 0.4) is 0 Å². The van der Waals surface area contributed by atoms with Crippen molar-refractivity contribution in [1.29, 1.82) is 0 Å². The second-order valence-corrected chi connectivity index (χ2v) is 9.18. The van der Waals surface area contributed by atoms with Crippen LogP contribution in [0, 0.1) is 13.8 Å². The van der Waals surface area contributed by atoms with Crippen molar-refractivity contribution in [2.75, 3.05) is 13.1 Å². The van der Waals surface area contributed by atoms with Gasteiger partial charge in [0, 0.05) is 17.6 Å². The molecule has 2 aromatic carbocycles. The molecule has 0 saturated carbocycles. The second-order valence-electron chi connectivity index (χ2n) is 6.50. The smallest absolute Gasteiger partial charge is 0.254 e. The van der Waals surface area contributed by atoms with Gasteiger partial charge in [-0.1, -0.05) is 33.6 Å².